The van der Waals surface area contributed by atoms with Gasteiger partial charge in [0.05, 0.1) is 22.5 Å². The van der Waals surface area contributed by atoms with Crippen LogP contribution in [0.4, 0.5) is 5.69 Å². The number of benzene rings is 2. The zero-order valence-corrected chi connectivity index (χ0v) is 26.5. The fraction of sp³-hybridized carbons (Fsp3) is 0.613. The zero-order valence-electron chi connectivity index (χ0n) is 24.8. The molecule has 0 radical (unpaired) electrons. The van der Waals surface area contributed by atoms with Gasteiger partial charge in [0.2, 0.25) is 0 Å². The van der Waals surface area contributed by atoms with E-state index in [2.05, 4.69) is 19.2 Å². The summed E-state index contributed by atoms with van der Waals surface area (Å²) in [5.74, 6) is -0.922. The van der Waals surface area contributed by atoms with E-state index in [4.69, 9.17) is 4.55 Å². The number of hydrogen-bond acceptors (Lipinski definition) is 6. The molecule has 7 nitrogen and oxygen atoms in total. The summed E-state index contributed by atoms with van der Waals surface area (Å²) >= 11 is 0. The van der Waals surface area contributed by atoms with Gasteiger partial charge in [-0.1, -0.05) is 84.6 Å². The van der Waals surface area contributed by atoms with E-state index in [1.807, 2.05) is 57.2 Å². The molecule has 0 unspecified atom stereocenters. The zero-order chi connectivity index (χ0) is 30.0. The highest BCUT2D eigenvalue weighted by Gasteiger charge is 2.49. The summed E-state index contributed by atoms with van der Waals surface area (Å²) in [5.41, 5.74) is 2.47. The molecular formula is C31H49NO6S2. The number of hydrogen-bond donors (Lipinski definition) is 3. The van der Waals surface area contributed by atoms with Crippen LogP contribution < -0.4 is 5.32 Å². The lowest BCUT2D eigenvalue weighted by Crippen LogP contribution is -2.43. The third kappa shape index (κ3) is 8.78. The van der Waals surface area contributed by atoms with Gasteiger partial charge in [0.1, 0.15) is 0 Å². The first-order valence-electron chi connectivity index (χ1n) is 14.8. The number of nitrogens with one attached hydrogen (secondary N) is 1. The van der Waals surface area contributed by atoms with Crippen LogP contribution in [-0.2, 0) is 26.4 Å². The molecule has 0 aromatic heterocycles. The molecule has 1 aliphatic heterocycles. The van der Waals surface area contributed by atoms with Crippen LogP contribution in [0.25, 0.3) is 0 Å². The van der Waals surface area contributed by atoms with Crippen LogP contribution in [0.3, 0.4) is 0 Å². The molecule has 0 saturated carbocycles. The third-order valence-electron chi connectivity index (χ3n) is 7.78. The molecule has 2 aromatic rings. The normalized spacial score (nSPS) is 19.6. The predicted octanol–water partition coefficient (Wildman–Crippen LogP) is 6.61. The lowest BCUT2D eigenvalue weighted by molar-refractivity contribution is 0.0127. The number of fused-ring (bicyclic) bond motifs is 1. The molecule has 0 amide bonds. The van der Waals surface area contributed by atoms with Gasteiger partial charge in [0.25, 0.3) is 10.1 Å². The van der Waals surface area contributed by atoms with Gasteiger partial charge < -0.3 is 10.4 Å². The second-order valence-corrected chi connectivity index (χ2v) is 14.2. The minimum absolute atomic E-state index is 0.0658. The van der Waals surface area contributed by atoms with E-state index in [1.54, 1.807) is 6.07 Å². The van der Waals surface area contributed by atoms with Crippen molar-refractivity contribution in [3.63, 3.8) is 0 Å². The lowest BCUT2D eigenvalue weighted by Gasteiger charge is -2.40. The molecule has 0 spiro atoms. The average molecular weight is 596 g/mol. The topological polar surface area (TPSA) is 121 Å². The quantitative estimate of drug-likeness (QED) is 0.176. The molecule has 0 saturated heterocycles. The van der Waals surface area contributed by atoms with Crippen molar-refractivity contribution in [1.82, 2.24) is 0 Å². The molecule has 2 aromatic carbocycles. The summed E-state index contributed by atoms with van der Waals surface area (Å²) in [4.78, 5) is 0.306. The minimum atomic E-state index is -4.02. The molecule has 3 N–H and O–H groups in total. The SMILES string of the molecule is CC.CCCCC1(CCCC)CS(=O)(=O)c2ccc(CC)cc2[C@@H](c2cccc(NCCCS(=O)(=O)O)c2)[C@H]1O. The molecule has 3 rings (SSSR count). The number of rotatable bonds is 13. The Balaban J connectivity index is 0.00000274. The summed E-state index contributed by atoms with van der Waals surface area (Å²) in [5, 5.41) is 15.4. The summed E-state index contributed by atoms with van der Waals surface area (Å²) in [6.45, 7) is 10.5. The monoisotopic (exact) mass is 595 g/mol. The Morgan fingerprint density at radius 3 is 2.20 bits per heavy atom. The molecule has 1 heterocycles. The van der Waals surface area contributed by atoms with Crippen molar-refractivity contribution in [2.24, 2.45) is 5.41 Å². The molecule has 40 heavy (non-hydrogen) atoms. The standard InChI is InChI=1S/C29H43NO6S2.C2H6/c1-4-7-15-29(16-8-5-2)21-37(32,33)26-14-13-22(6-3)19-25(26)27(28(29)31)23-11-9-12-24(20-23)30-17-10-18-38(34,35)36;1-2/h9,11-14,19-20,27-28,30-31H,4-8,10,15-18,21H2,1-3H3,(H,34,35,36);1-2H3/t27-,28-;/m1./s1. The summed E-state index contributed by atoms with van der Waals surface area (Å²) in [6, 6.07) is 13.1. The van der Waals surface area contributed by atoms with Crippen LogP contribution in [0.5, 0.6) is 0 Å². The van der Waals surface area contributed by atoms with Crippen LogP contribution in [0.15, 0.2) is 47.4 Å². The molecular weight excluding hydrogens is 546 g/mol. The third-order valence-corrected chi connectivity index (χ3v) is 10.6. The van der Waals surface area contributed by atoms with E-state index in [9.17, 15) is 21.9 Å². The minimum Gasteiger partial charge on any atom is -0.392 e. The highest BCUT2D eigenvalue weighted by atomic mass is 32.2. The van der Waals surface area contributed by atoms with Crippen LogP contribution in [0, 0.1) is 5.41 Å². The molecule has 226 valence electrons. The van der Waals surface area contributed by atoms with Crippen LogP contribution in [-0.4, -0.2) is 50.6 Å². The van der Waals surface area contributed by atoms with Gasteiger partial charge in [-0.25, -0.2) is 8.42 Å². The van der Waals surface area contributed by atoms with Crippen LogP contribution >= 0.6 is 0 Å². The number of anilines is 1. The maximum absolute atomic E-state index is 13.9. The van der Waals surface area contributed by atoms with Gasteiger partial charge >= 0.3 is 0 Å². The van der Waals surface area contributed by atoms with E-state index in [-0.39, 0.29) is 17.9 Å². The van der Waals surface area contributed by atoms with Crippen molar-refractivity contribution in [1.29, 1.82) is 0 Å². The summed E-state index contributed by atoms with van der Waals surface area (Å²) in [7, 11) is -7.67. The number of aliphatic hydroxyl groups excluding tert-OH is 1. The number of sulfone groups is 1. The fourth-order valence-corrected chi connectivity index (χ4v) is 8.42. The Bertz CT molecular complexity index is 1280. The second kappa shape index (κ2) is 15.3. The first kappa shape index (κ1) is 34.3. The Kier molecular flexibility index (Phi) is 13.1. The van der Waals surface area contributed by atoms with Gasteiger partial charge in [0.15, 0.2) is 9.84 Å². The molecule has 0 bridgehead atoms. The molecule has 9 heteroatoms. The highest BCUT2D eigenvalue weighted by Crippen LogP contribution is 2.49. The summed E-state index contributed by atoms with van der Waals surface area (Å²) in [6.07, 6.45) is 4.91. The van der Waals surface area contributed by atoms with Crippen molar-refractivity contribution in [2.75, 3.05) is 23.4 Å². The van der Waals surface area contributed by atoms with Gasteiger partial charge in [-0.2, -0.15) is 8.42 Å². The number of unbranched alkanes of at least 4 members (excludes halogenated alkanes) is 2. The van der Waals surface area contributed by atoms with Crippen LogP contribution in [0.1, 0.15) is 102 Å². The highest BCUT2D eigenvalue weighted by molar-refractivity contribution is 7.91. The number of aliphatic hydroxyl groups is 1. The van der Waals surface area contributed by atoms with Crippen LogP contribution in [0.2, 0.25) is 0 Å². The first-order chi connectivity index (χ1) is 19.0. The van der Waals surface area contributed by atoms with E-state index < -0.39 is 37.4 Å². The second-order valence-electron chi connectivity index (χ2n) is 10.7. The Morgan fingerprint density at radius 1 is 0.975 bits per heavy atom. The maximum Gasteiger partial charge on any atom is 0.264 e. The van der Waals surface area contributed by atoms with E-state index in [0.29, 0.717) is 29.8 Å². The number of aryl methyl sites for hydroxylation is 1. The summed E-state index contributed by atoms with van der Waals surface area (Å²) < 4.78 is 58.9. The predicted molar refractivity (Wildman–Crippen MR) is 165 cm³/mol. The van der Waals surface area contributed by atoms with Gasteiger partial charge in [0, 0.05) is 23.6 Å². The fourth-order valence-electron chi connectivity index (χ4n) is 5.72. The van der Waals surface area contributed by atoms with E-state index in [0.717, 1.165) is 48.9 Å². The van der Waals surface area contributed by atoms with Gasteiger partial charge in [-0.3, -0.25) is 4.55 Å². The molecule has 0 aliphatic carbocycles. The van der Waals surface area contributed by atoms with Crippen molar-refractivity contribution in [3.8, 4) is 0 Å². The smallest absolute Gasteiger partial charge is 0.264 e. The van der Waals surface area contributed by atoms with Crippen molar-refractivity contribution < 1.29 is 26.5 Å². The van der Waals surface area contributed by atoms with E-state index in [1.165, 1.54) is 0 Å². The van der Waals surface area contributed by atoms with Crippen molar-refractivity contribution >= 4 is 25.6 Å². The lowest BCUT2D eigenvalue weighted by atomic mass is 9.68. The first-order valence-corrected chi connectivity index (χ1v) is 18.0. The van der Waals surface area contributed by atoms with Crippen molar-refractivity contribution in [3.05, 3.63) is 59.2 Å². The van der Waals surface area contributed by atoms with Crippen molar-refractivity contribution in [2.45, 2.75) is 103 Å². The molecule has 1 aliphatic rings. The average Bonchev–Trinajstić information content (AvgIpc) is 2.99. The maximum atomic E-state index is 13.9. The van der Waals surface area contributed by atoms with Gasteiger partial charge in [-0.15, -0.1) is 0 Å². The molecule has 0 fully saturated rings. The Morgan fingerprint density at radius 2 is 1.62 bits per heavy atom. The Hall–Kier alpha value is -1.94. The van der Waals surface area contributed by atoms with Gasteiger partial charge in [-0.05, 0) is 60.6 Å². The van der Waals surface area contributed by atoms with E-state index >= 15 is 0 Å². The largest absolute Gasteiger partial charge is 0.392 e. The molecule has 2 atom stereocenters. The Labute approximate surface area is 242 Å².